The molecule has 0 unspecified atom stereocenters. The lowest BCUT2D eigenvalue weighted by molar-refractivity contribution is -0.119. The number of benzene rings is 1. The first-order chi connectivity index (χ1) is 13.1. The maximum atomic E-state index is 13.0. The summed E-state index contributed by atoms with van der Waals surface area (Å²) in [5.74, 6) is -0.0911. The molecule has 1 saturated heterocycles. The van der Waals surface area contributed by atoms with Crippen LogP contribution in [-0.2, 0) is 20.2 Å². The van der Waals surface area contributed by atoms with Gasteiger partial charge in [-0.2, -0.15) is 0 Å². The monoisotopic (exact) mass is 405 g/mol. The molecule has 3 aliphatic rings. The largest absolute Gasteiger partial charge is 0.325 e. The van der Waals surface area contributed by atoms with Crippen LogP contribution in [0.4, 0.5) is 5.69 Å². The number of sulfonamides is 1. The van der Waals surface area contributed by atoms with E-state index in [1.165, 1.54) is 19.3 Å². The van der Waals surface area contributed by atoms with E-state index in [9.17, 15) is 13.2 Å². The first kappa shape index (κ1) is 19.9. The van der Waals surface area contributed by atoms with Crippen molar-refractivity contribution in [3.63, 3.8) is 0 Å². The summed E-state index contributed by atoms with van der Waals surface area (Å²) in [5, 5.41) is 2.89. The summed E-state index contributed by atoms with van der Waals surface area (Å²) in [6, 6.07) is 3.32. The van der Waals surface area contributed by atoms with Crippen LogP contribution in [0.1, 0.15) is 57.1 Å². The fourth-order valence-electron chi connectivity index (χ4n) is 4.45. The van der Waals surface area contributed by atoms with E-state index in [2.05, 4.69) is 14.9 Å². The van der Waals surface area contributed by atoms with Crippen molar-refractivity contribution in [1.29, 1.82) is 0 Å². The normalized spacial score (nSPS) is 23.3. The summed E-state index contributed by atoms with van der Waals surface area (Å²) in [7, 11) is -3.61. The molecular formula is C21H31N3O3S. The van der Waals surface area contributed by atoms with Gasteiger partial charge in [0.25, 0.3) is 0 Å². The number of fused-ring (bicyclic) bond motifs is 1. The Kier molecular flexibility index (Phi) is 4.83. The van der Waals surface area contributed by atoms with Gasteiger partial charge in [0.2, 0.25) is 15.9 Å². The summed E-state index contributed by atoms with van der Waals surface area (Å²) in [5.41, 5.74) is 1.65. The van der Waals surface area contributed by atoms with Crippen molar-refractivity contribution >= 4 is 21.6 Å². The number of anilines is 1. The van der Waals surface area contributed by atoms with Crippen molar-refractivity contribution in [3.8, 4) is 0 Å². The number of aryl methyl sites for hydroxylation is 1. The van der Waals surface area contributed by atoms with E-state index in [0.29, 0.717) is 6.54 Å². The molecule has 2 aliphatic heterocycles. The van der Waals surface area contributed by atoms with Crippen LogP contribution < -0.4 is 10.0 Å². The number of hydrogen-bond donors (Lipinski definition) is 2. The number of rotatable bonds is 6. The maximum Gasteiger partial charge on any atom is 0.240 e. The molecule has 6 nitrogen and oxygen atoms in total. The van der Waals surface area contributed by atoms with Gasteiger partial charge in [-0.15, -0.1) is 0 Å². The minimum absolute atomic E-state index is 0.0903. The van der Waals surface area contributed by atoms with Crippen LogP contribution in [0.3, 0.4) is 0 Å². The minimum atomic E-state index is -3.61. The van der Waals surface area contributed by atoms with Gasteiger partial charge < -0.3 is 10.2 Å². The highest BCUT2D eigenvalue weighted by Crippen LogP contribution is 2.46. The van der Waals surface area contributed by atoms with Crippen molar-refractivity contribution in [3.05, 3.63) is 23.3 Å². The van der Waals surface area contributed by atoms with Gasteiger partial charge in [0.1, 0.15) is 0 Å². The Morgan fingerprint density at radius 3 is 2.46 bits per heavy atom. The van der Waals surface area contributed by atoms with Crippen LogP contribution in [0.5, 0.6) is 0 Å². The molecule has 0 spiro atoms. The van der Waals surface area contributed by atoms with Gasteiger partial charge in [-0.1, -0.05) is 6.42 Å². The topological polar surface area (TPSA) is 78.5 Å². The number of nitrogens with one attached hydrogen (secondary N) is 2. The van der Waals surface area contributed by atoms with Crippen LogP contribution in [-0.4, -0.2) is 45.4 Å². The van der Waals surface area contributed by atoms with Crippen LogP contribution in [0.2, 0.25) is 0 Å². The van der Waals surface area contributed by atoms with Crippen molar-refractivity contribution in [1.82, 2.24) is 9.62 Å². The molecule has 28 heavy (non-hydrogen) atoms. The van der Waals surface area contributed by atoms with Crippen molar-refractivity contribution in [2.75, 3.05) is 31.5 Å². The summed E-state index contributed by atoms with van der Waals surface area (Å²) >= 11 is 0. The molecule has 154 valence electrons. The summed E-state index contributed by atoms with van der Waals surface area (Å²) in [6.45, 7) is 9.25. The second-order valence-corrected chi connectivity index (χ2v) is 11.2. The van der Waals surface area contributed by atoms with Gasteiger partial charge in [-0.05, 0) is 88.2 Å². The first-order valence-electron chi connectivity index (χ1n) is 10.3. The highest BCUT2D eigenvalue weighted by Gasteiger charge is 2.45. The van der Waals surface area contributed by atoms with E-state index >= 15 is 0 Å². The van der Waals surface area contributed by atoms with Gasteiger partial charge in [-0.3, -0.25) is 4.79 Å². The number of amides is 1. The molecule has 1 amide bonds. The van der Waals surface area contributed by atoms with Gasteiger partial charge in [-0.25, -0.2) is 13.1 Å². The predicted octanol–water partition coefficient (Wildman–Crippen LogP) is 2.77. The van der Waals surface area contributed by atoms with Crippen LogP contribution >= 0.6 is 0 Å². The first-order valence-corrected chi connectivity index (χ1v) is 11.8. The van der Waals surface area contributed by atoms with E-state index in [0.717, 1.165) is 49.3 Å². The lowest BCUT2D eigenvalue weighted by Gasteiger charge is -2.30. The van der Waals surface area contributed by atoms with Crippen LogP contribution in [0.15, 0.2) is 17.0 Å². The fraction of sp³-hybridized carbons (Fsp3) is 0.667. The third kappa shape index (κ3) is 3.60. The molecule has 1 aliphatic carbocycles. The molecule has 0 aromatic heterocycles. The van der Waals surface area contributed by atoms with Crippen molar-refractivity contribution < 1.29 is 13.2 Å². The second kappa shape index (κ2) is 6.82. The Balaban J connectivity index is 1.50. The molecule has 2 fully saturated rings. The molecule has 1 aromatic rings. The lowest BCUT2D eigenvalue weighted by Crippen LogP contribution is -2.40. The summed E-state index contributed by atoms with van der Waals surface area (Å²) < 4.78 is 28.9. The molecule has 0 radical (unpaired) electrons. The Bertz CT molecular complexity index is 898. The average Bonchev–Trinajstić information content (AvgIpc) is 3.37. The van der Waals surface area contributed by atoms with E-state index in [1.807, 2.05) is 20.8 Å². The number of carbonyl (C=O) groups excluding carboxylic acids is 1. The highest BCUT2D eigenvalue weighted by molar-refractivity contribution is 7.89. The van der Waals surface area contributed by atoms with E-state index in [4.69, 9.17) is 0 Å². The molecule has 2 heterocycles. The van der Waals surface area contributed by atoms with Crippen molar-refractivity contribution in [2.45, 2.75) is 63.2 Å². The van der Waals surface area contributed by atoms with Gasteiger partial charge in [0.15, 0.2) is 0 Å². The molecule has 2 N–H and O–H groups in total. The molecule has 1 aromatic carbocycles. The zero-order valence-corrected chi connectivity index (χ0v) is 17.9. The third-order valence-electron chi connectivity index (χ3n) is 6.70. The number of hydrogen-bond acceptors (Lipinski definition) is 4. The quantitative estimate of drug-likeness (QED) is 0.763. The standard InChI is InChI=1S/C21H31N3O3S/c1-15-11-16(12-17-18(15)23-19(25)20(17,2)3)28(26,27)22-13-21(7-8-21)14-24-9-5-4-6-10-24/h11-12,22H,4-10,13-14H2,1-3H3,(H,23,25). The Morgan fingerprint density at radius 1 is 1.14 bits per heavy atom. The number of nitrogens with zero attached hydrogens (tertiary/aromatic N) is 1. The Labute approximate surface area is 168 Å². The zero-order chi connectivity index (χ0) is 20.2. The molecule has 0 bridgehead atoms. The average molecular weight is 406 g/mol. The van der Waals surface area contributed by atoms with E-state index in [1.54, 1.807) is 12.1 Å². The smallest absolute Gasteiger partial charge is 0.240 e. The zero-order valence-electron chi connectivity index (χ0n) is 17.1. The van der Waals surface area contributed by atoms with Gasteiger partial charge in [0.05, 0.1) is 10.3 Å². The molecule has 4 rings (SSSR count). The summed E-state index contributed by atoms with van der Waals surface area (Å²) in [6.07, 6.45) is 5.97. The van der Waals surface area contributed by atoms with Gasteiger partial charge >= 0.3 is 0 Å². The maximum absolute atomic E-state index is 13.0. The molecular weight excluding hydrogens is 374 g/mol. The number of carbonyl (C=O) groups is 1. The van der Waals surface area contributed by atoms with E-state index in [-0.39, 0.29) is 16.2 Å². The van der Waals surface area contributed by atoms with Crippen LogP contribution in [0, 0.1) is 12.3 Å². The molecule has 7 heteroatoms. The van der Waals surface area contributed by atoms with Crippen LogP contribution in [0.25, 0.3) is 0 Å². The highest BCUT2D eigenvalue weighted by atomic mass is 32.2. The van der Waals surface area contributed by atoms with E-state index < -0.39 is 15.4 Å². The van der Waals surface area contributed by atoms with Gasteiger partial charge in [0, 0.05) is 18.8 Å². The molecule has 0 atom stereocenters. The fourth-order valence-corrected chi connectivity index (χ4v) is 5.72. The molecule has 1 saturated carbocycles. The number of likely N-dealkylation sites (tertiary alicyclic amines) is 1. The summed E-state index contributed by atoms with van der Waals surface area (Å²) in [4.78, 5) is 15.0. The Morgan fingerprint density at radius 2 is 1.82 bits per heavy atom. The minimum Gasteiger partial charge on any atom is -0.325 e. The number of piperidine rings is 1. The van der Waals surface area contributed by atoms with Crippen molar-refractivity contribution in [2.24, 2.45) is 5.41 Å². The Hall–Kier alpha value is -1.44. The predicted molar refractivity (Wildman–Crippen MR) is 110 cm³/mol. The lowest BCUT2D eigenvalue weighted by atomic mass is 9.85. The SMILES string of the molecule is Cc1cc(S(=O)(=O)NCC2(CN3CCCCC3)CC2)cc2c1NC(=O)C2(C)C. The second-order valence-electron chi connectivity index (χ2n) is 9.40. The third-order valence-corrected chi connectivity index (χ3v) is 8.08.